The maximum Gasteiger partial charge on any atom is 0.253 e. The van der Waals surface area contributed by atoms with Crippen LogP contribution < -0.4 is 10.9 Å². The van der Waals surface area contributed by atoms with Gasteiger partial charge in [-0.3, -0.25) is 9.36 Å². The van der Waals surface area contributed by atoms with Gasteiger partial charge in [-0.25, -0.2) is 9.97 Å². The van der Waals surface area contributed by atoms with Gasteiger partial charge in [-0.2, -0.15) is 0 Å². The van der Waals surface area contributed by atoms with E-state index in [2.05, 4.69) is 32.4 Å². The van der Waals surface area contributed by atoms with Crippen LogP contribution in [0.25, 0.3) is 11.0 Å². The van der Waals surface area contributed by atoms with Gasteiger partial charge in [-0.05, 0) is 42.5 Å². The Kier molecular flexibility index (Phi) is 5.36. The lowest BCUT2D eigenvalue weighted by Gasteiger charge is -2.20. The quantitative estimate of drug-likeness (QED) is 0.450. The van der Waals surface area contributed by atoms with E-state index < -0.39 is 6.10 Å². The largest absolute Gasteiger partial charge is 0.387 e. The SMILES string of the molecule is O=c1ccncn1Cc1nc2ccc(C[C@@H]3CC[C@H]([C@H](O)c4ccccc4)N3)cc2[nH]1. The van der Waals surface area contributed by atoms with E-state index >= 15 is 0 Å². The van der Waals surface area contributed by atoms with Crippen molar-refractivity contribution in [2.75, 3.05) is 0 Å². The predicted octanol–water partition coefficient (Wildman–Crippen LogP) is 2.56. The summed E-state index contributed by atoms with van der Waals surface area (Å²) in [5.41, 5.74) is 3.92. The maximum atomic E-state index is 11.9. The van der Waals surface area contributed by atoms with Crippen LogP contribution in [0.1, 0.15) is 35.9 Å². The fourth-order valence-corrected chi connectivity index (χ4v) is 4.40. The number of fused-ring (bicyclic) bond motifs is 1. The first-order valence-corrected chi connectivity index (χ1v) is 10.6. The van der Waals surface area contributed by atoms with Gasteiger partial charge in [0.2, 0.25) is 0 Å². The lowest BCUT2D eigenvalue weighted by atomic mass is 10.0. The van der Waals surface area contributed by atoms with Gasteiger partial charge in [0.15, 0.2) is 0 Å². The van der Waals surface area contributed by atoms with Crippen molar-refractivity contribution in [3.8, 4) is 0 Å². The number of aromatic nitrogens is 4. The summed E-state index contributed by atoms with van der Waals surface area (Å²) in [4.78, 5) is 23.8. The molecule has 0 aliphatic carbocycles. The van der Waals surface area contributed by atoms with E-state index in [1.165, 1.54) is 28.7 Å². The van der Waals surface area contributed by atoms with Gasteiger partial charge in [0.1, 0.15) is 5.82 Å². The maximum absolute atomic E-state index is 11.9. The van der Waals surface area contributed by atoms with Crippen LogP contribution in [0, 0.1) is 0 Å². The summed E-state index contributed by atoms with van der Waals surface area (Å²) < 4.78 is 1.53. The van der Waals surface area contributed by atoms with Crippen LogP contribution in [0.5, 0.6) is 0 Å². The molecule has 7 heteroatoms. The molecule has 4 aromatic rings. The highest BCUT2D eigenvalue weighted by Crippen LogP contribution is 2.27. The highest BCUT2D eigenvalue weighted by atomic mass is 16.3. The van der Waals surface area contributed by atoms with Gasteiger partial charge >= 0.3 is 0 Å². The molecule has 1 aliphatic heterocycles. The Morgan fingerprint density at radius 2 is 2.00 bits per heavy atom. The number of hydrogen-bond donors (Lipinski definition) is 3. The zero-order chi connectivity index (χ0) is 21.2. The van der Waals surface area contributed by atoms with Crippen LogP contribution in [0.3, 0.4) is 0 Å². The Morgan fingerprint density at radius 3 is 2.84 bits per heavy atom. The summed E-state index contributed by atoms with van der Waals surface area (Å²) in [5, 5.41) is 14.3. The molecule has 7 nitrogen and oxygen atoms in total. The fraction of sp³-hybridized carbons (Fsp3) is 0.292. The topological polar surface area (TPSA) is 95.8 Å². The number of rotatable bonds is 6. The molecule has 0 unspecified atom stereocenters. The number of imidazole rings is 1. The molecule has 0 saturated carbocycles. The van der Waals surface area contributed by atoms with E-state index in [4.69, 9.17) is 0 Å². The zero-order valence-corrected chi connectivity index (χ0v) is 17.1. The van der Waals surface area contributed by atoms with E-state index in [-0.39, 0.29) is 11.6 Å². The van der Waals surface area contributed by atoms with E-state index in [1.54, 1.807) is 0 Å². The molecule has 1 fully saturated rings. The van der Waals surface area contributed by atoms with Crippen molar-refractivity contribution in [2.24, 2.45) is 0 Å². The molecule has 31 heavy (non-hydrogen) atoms. The standard InChI is InChI=1S/C24H25N5O2/c30-23-10-11-25-15-29(23)14-22-27-19-8-6-16(13-21(19)28-22)12-18-7-9-20(26-18)24(31)17-4-2-1-3-5-17/h1-6,8,10-11,13,15,18,20,24,26,31H,7,9,12,14H2,(H,27,28)/t18-,20+,24+/m0/s1. The highest BCUT2D eigenvalue weighted by molar-refractivity contribution is 5.75. The average molecular weight is 415 g/mol. The summed E-state index contributed by atoms with van der Waals surface area (Å²) >= 11 is 0. The molecule has 0 spiro atoms. The van der Waals surface area contributed by atoms with Crippen molar-refractivity contribution >= 4 is 11.0 Å². The van der Waals surface area contributed by atoms with Crippen LogP contribution in [-0.2, 0) is 13.0 Å². The molecule has 2 aromatic carbocycles. The summed E-state index contributed by atoms with van der Waals surface area (Å²) in [6.45, 7) is 0.361. The van der Waals surface area contributed by atoms with Gasteiger partial charge in [0, 0.05) is 24.3 Å². The van der Waals surface area contributed by atoms with Crippen LogP contribution in [0.2, 0.25) is 0 Å². The Balaban J connectivity index is 1.26. The van der Waals surface area contributed by atoms with Crippen LogP contribution in [0.15, 0.2) is 71.9 Å². The molecular weight excluding hydrogens is 390 g/mol. The Bertz CT molecular complexity index is 1230. The second-order valence-electron chi connectivity index (χ2n) is 8.19. The Morgan fingerprint density at radius 1 is 1.13 bits per heavy atom. The number of H-pyrrole nitrogens is 1. The van der Waals surface area contributed by atoms with Crippen molar-refractivity contribution in [3.63, 3.8) is 0 Å². The van der Waals surface area contributed by atoms with Crippen molar-refractivity contribution in [2.45, 2.75) is 44.0 Å². The third kappa shape index (κ3) is 4.28. The van der Waals surface area contributed by atoms with Gasteiger partial charge in [-0.15, -0.1) is 0 Å². The van der Waals surface area contributed by atoms with E-state index in [0.717, 1.165) is 41.7 Å². The summed E-state index contributed by atoms with van der Waals surface area (Å²) in [7, 11) is 0. The van der Waals surface area contributed by atoms with Crippen molar-refractivity contribution < 1.29 is 5.11 Å². The first-order valence-electron chi connectivity index (χ1n) is 10.6. The molecule has 3 heterocycles. The number of hydrogen-bond acceptors (Lipinski definition) is 5. The first kappa shape index (κ1) is 19.7. The van der Waals surface area contributed by atoms with Crippen LogP contribution in [0.4, 0.5) is 0 Å². The second-order valence-corrected chi connectivity index (χ2v) is 8.19. The average Bonchev–Trinajstić information content (AvgIpc) is 3.42. The van der Waals surface area contributed by atoms with Crippen LogP contribution in [-0.4, -0.2) is 36.7 Å². The third-order valence-corrected chi connectivity index (χ3v) is 5.99. The smallest absolute Gasteiger partial charge is 0.253 e. The summed E-state index contributed by atoms with van der Waals surface area (Å²) in [6.07, 6.45) is 5.41. The Hall–Kier alpha value is -3.29. The molecule has 0 radical (unpaired) electrons. The van der Waals surface area contributed by atoms with Crippen LogP contribution >= 0.6 is 0 Å². The minimum atomic E-state index is -0.486. The summed E-state index contributed by atoms with van der Waals surface area (Å²) in [5.74, 6) is 0.729. The monoisotopic (exact) mass is 415 g/mol. The second kappa shape index (κ2) is 8.45. The first-order chi connectivity index (χ1) is 15.2. The predicted molar refractivity (Wildman–Crippen MR) is 119 cm³/mol. The Labute approximate surface area is 179 Å². The fourth-order valence-electron chi connectivity index (χ4n) is 4.40. The number of aromatic amines is 1. The third-order valence-electron chi connectivity index (χ3n) is 5.99. The molecule has 3 atom stereocenters. The van der Waals surface area contributed by atoms with E-state index in [9.17, 15) is 9.90 Å². The normalized spacial score (nSPS) is 19.6. The van der Waals surface area contributed by atoms with Gasteiger partial charge in [-0.1, -0.05) is 36.4 Å². The molecular formula is C24H25N5O2. The summed E-state index contributed by atoms with van der Waals surface area (Å²) in [6, 6.07) is 17.9. The molecule has 0 bridgehead atoms. The lowest BCUT2D eigenvalue weighted by molar-refractivity contribution is 0.135. The molecule has 5 rings (SSSR count). The van der Waals surface area contributed by atoms with Crippen molar-refractivity contribution in [3.05, 3.63) is 94.4 Å². The molecule has 2 aromatic heterocycles. The minimum absolute atomic E-state index is 0.0766. The number of aliphatic hydroxyl groups is 1. The van der Waals surface area contributed by atoms with E-state index in [0.29, 0.717) is 12.6 Å². The molecule has 3 N–H and O–H groups in total. The number of nitrogens with one attached hydrogen (secondary N) is 2. The minimum Gasteiger partial charge on any atom is -0.387 e. The van der Waals surface area contributed by atoms with Crippen molar-refractivity contribution in [1.29, 1.82) is 0 Å². The lowest BCUT2D eigenvalue weighted by Crippen LogP contribution is -2.35. The molecule has 1 saturated heterocycles. The van der Waals surface area contributed by atoms with Crippen molar-refractivity contribution in [1.82, 2.24) is 24.8 Å². The molecule has 0 amide bonds. The number of benzene rings is 2. The van der Waals surface area contributed by atoms with Gasteiger partial charge in [0.25, 0.3) is 5.56 Å². The highest BCUT2D eigenvalue weighted by Gasteiger charge is 2.29. The number of aliphatic hydroxyl groups excluding tert-OH is 1. The van der Waals surface area contributed by atoms with Gasteiger partial charge < -0.3 is 15.4 Å². The molecule has 1 aliphatic rings. The molecule has 158 valence electrons. The zero-order valence-electron chi connectivity index (χ0n) is 17.1. The van der Waals surface area contributed by atoms with Gasteiger partial charge in [0.05, 0.1) is 30.0 Å². The van der Waals surface area contributed by atoms with E-state index in [1.807, 2.05) is 36.4 Å². The number of nitrogens with zero attached hydrogens (tertiary/aromatic N) is 3.